The van der Waals surface area contributed by atoms with Gasteiger partial charge in [0, 0.05) is 13.7 Å². The van der Waals surface area contributed by atoms with E-state index in [0.29, 0.717) is 13.0 Å². The first-order chi connectivity index (χ1) is 6.22. The molecule has 0 aromatic rings. The van der Waals surface area contributed by atoms with Crippen LogP contribution in [0.15, 0.2) is 0 Å². The van der Waals surface area contributed by atoms with Crippen molar-refractivity contribution in [2.45, 2.75) is 19.7 Å². The lowest BCUT2D eigenvalue weighted by molar-refractivity contribution is -0.169. The summed E-state index contributed by atoms with van der Waals surface area (Å²) in [6.07, 6.45) is -1.42. The number of ether oxygens (including phenoxy) is 3. The van der Waals surface area contributed by atoms with Crippen molar-refractivity contribution in [3.63, 3.8) is 0 Å². The molecule has 78 valence electrons. The maximum Gasteiger partial charge on any atom is 0.368 e. The first-order valence-electron chi connectivity index (χ1n) is 4.13. The van der Waals surface area contributed by atoms with E-state index in [0.717, 1.165) is 0 Å². The number of hydrogen-bond donors (Lipinski definition) is 0. The molecule has 0 aliphatic rings. The highest BCUT2D eigenvalue weighted by atomic mass is 19.1. The Kier molecular flexibility index (Phi) is 7.53. The minimum atomic E-state index is -1.98. The minimum absolute atomic E-state index is 0.147. The molecule has 0 aliphatic carbocycles. The van der Waals surface area contributed by atoms with Crippen LogP contribution in [-0.2, 0) is 19.0 Å². The van der Waals surface area contributed by atoms with Gasteiger partial charge in [-0.2, -0.15) is 0 Å². The number of halogens is 1. The quantitative estimate of drug-likeness (QED) is 0.446. The van der Waals surface area contributed by atoms with Gasteiger partial charge in [0.05, 0.1) is 13.2 Å². The summed E-state index contributed by atoms with van der Waals surface area (Å²) in [4.78, 5) is 10.7. The maximum atomic E-state index is 12.7. The van der Waals surface area contributed by atoms with E-state index >= 15 is 0 Å². The van der Waals surface area contributed by atoms with Crippen molar-refractivity contribution in [1.82, 2.24) is 0 Å². The third kappa shape index (κ3) is 6.48. The van der Waals surface area contributed by atoms with Crippen LogP contribution in [0.2, 0.25) is 0 Å². The topological polar surface area (TPSA) is 44.8 Å². The Morgan fingerprint density at radius 1 is 1.46 bits per heavy atom. The molecule has 0 N–H and O–H groups in total. The Labute approximate surface area is 77.0 Å². The molecule has 0 rings (SSSR count). The molecule has 5 heteroatoms. The summed E-state index contributed by atoms with van der Waals surface area (Å²) < 4.78 is 26.3. The molecule has 0 amide bonds. The standard InChI is InChI=1S/C8H15FO4/c1-3-12-8(10)7(9)13-6-4-5-11-2/h7H,3-6H2,1-2H3. The summed E-state index contributed by atoms with van der Waals surface area (Å²) >= 11 is 0. The minimum Gasteiger partial charge on any atom is -0.462 e. The lowest BCUT2D eigenvalue weighted by Gasteiger charge is -2.08. The van der Waals surface area contributed by atoms with Crippen LogP contribution >= 0.6 is 0 Å². The van der Waals surface area contributed by atoms with Crippen molar-refractivity contribution >= 4 is 5.97 Å². The van der Waals surface area contributed by atoms with Gasteiger partial charge < -0.3 is 14.2 Å². The SMILES string of the molecule is CCOC(=O)C(F)OCCCOC. The van der Waals surface area contributed by atoms with Crippen LogP contribution in [0.1, 0.15) is 13.3 Å². The monoisotopic (exact) mass is 194 g/mol. The number of hydrogen-bond acceptors (Lipinski definition) is 4. The fourth-order valence-corrected chi connectivity index (χ4v) is 0.666. The van der Waals surface area contributed by atoms with Crippen molar-refractivity contribution < 1.29 is 23.4 Å². The van der Waals surface area contributed by atoms with Crippen LogP contribution in [0.3, 0.4) is 0 Å². The van der Waals surface area contributed by atoms with E-state index in [1.807, 2.05) is 0 Å². The number of carbonyl (C=O) groups is 1. The summed E-state index contributed by atoms with van der Waals surface area (Å²) in [6, 6.07) is 0. The smallest absolute Gasteiger partial charge is 0.368 e. The number of rotatable bonds is 7. The van der Waals surface area contributed by atoms with Gasteiger partial charge >= 0.3 is 5.97 Å². The Morgan fingerprint density at radius 2 is 2.15 bits per heavy atom. The van der Waals surface area contributed by atoms with Crippen molar-refractivity contribution in [2.24, 2.45) is 0 Å². The number of alkyl halides is 1. The zero-order valence-corrected chi connectivity index (χ0v) is 7.92. The molecular formula is C8H15FO4. The predicted octanol–water partition coefficient (Wildman–Crippen LogP) is 0.898. The lowest BCUT2D eigenvalue weighted by Crippen LogP contribution is -2.22. The average molecular weight is 194 g/mol. The fourth-order valence-electron chi connectivity index (χ4n) is 0.666. The Morgan fingerprint density at radius 3 is 2.69 bits per heavy atom. The van der Waals surface area contributed by atoms with Gasteiger partial charge in [0.2, 0.25) is 0 Å². The number of esters is 1. The Hall–Kier alpha value is -0.680. The van der Waals surface area contributed by atoms with Gasteiger partial charge in [-0.1, -0.05) is 0 Å². The number of methoxy groups -OCH3 is 1. The van der Waals surface area contributed by atoms with Crippen LogP contribution in [0.4, 0.5) is 4.39 Å². The summed E-state index contributed by atoms with van der Waals surface area (Å²) in [5.74, 6) is -0.972. The number of carbonyl (C=O) groups excluding carboxylic acids is 1. The van der Waals surface area contributed by atoms with Gasteiger partial charge in [0.25, 0.3) is 6.36 Å². The predicted molar refractivity (Wildman–Crippen MR) is 44.0 cm³/mol. The van der Waals surface area contributed by atoms with Gasteiger partial charge in [0.1, 0.15) is 0 Å². The normalized spacial score (nSPS) is 12.5. The molecule has 0 bridgehead atoms. The van der Waals surface area contributed by atoms with E-state index < -0.39 is 12.3 Å². The van der Waals surface area contributed by atoms with Crippen molar-refractivity contribution in [3.8, 4) is 0 Å². The molecule has 1 unspecified atom stereocenters. The first kappa shape index (κ1) is 12.3. The van der Waals surface area contributed by atoms with E-state index in [-0.39, 0.29) is 13.2 Å². The molecule has 0 aromatic carbocycles. The van der Waals surface area contributed by atoms with Crippen molar-refractivity contribution in [3.05, 3.63) is 0 Å². The maximum absolute atomic E-state index is 12.7. The summed E-state index contributed by atoms with van der Waals surface area (Å²) in [7, 11) is 1.54. The Balaban J connectivity index is 3.38. The zero-order chi connectivity index (χ0) is 10.1. The second kappa shape index (κ2) is 7.94. The van der Waals surface area contributed by atoms with Crippen LogP contribution in [0, 0.1) is 0 Å². The van der Waals surface area contributed by atoms with Crippen LogP contribution < -0.4 is 0 Å². The first-order valence-corrected chi connectivity index (χ1v) is 4.13. The average Bonchev–Trinajstić information content (AvgIpc) is 2.12. The van der Waals surface area contributed by atoms with E-state index in [9.17, 15) is 9.18 Å². The third-order valence-corrected chi connectivity index (χ3v) is 1.23. The van der Waals surface area contributed by atoms with Crippen molar-refractivity contribution in [1.29, 1.82) is 0 Å². The largest absolute Gasteiger partial charge is 0.462 e. The van der Waals surface area contributed by atoms with Crippen LogP contribution in [0.5, 0.6) is 0 Å². The molecule has 0 radical (unpaired) electrons. The molecule has 0 saturated carbocycles. The van der Waals surface area contributed by atoms with Crippen molar-refractivity contribution in [2.75, 3.05) is 26.9 Å². The summed E-state index contributed by atoms with van der Waals surface area (Å²) in [5.41, 5.74) is 0. The van der Waals surface area contributed by atoms with E-state index in [4.69, 9.17) is 4.74 Å². The highest BCUT2D eigenvalue weighted by Gasteiger charge is 2.18. The molecule has 13 heavy (non-hydrogen) atoms. The molecule has 0 saturated heterocycles. The van der Waals surface area contributed by atoms with Crippen LogP contribution in [-0.4, -0.2) is 39.3 Å². The zero-order valence-electron chi connectivity index (χ0n) is 7.92. The fraction of sp³-hybridized carbons (Fsp3) is 0.875. The molecule has 0 heterocycles. The second-order valence-corrected chi connectivity index (χ2v) is 2.29. The molecular weight excluding hydrogens is 179 g/mol. The lowest BCUT2D eigenvalue weighted by atomic mass is 10.5. The van der Waals surface area contributed by atoms with Crippen LogP contribution in [0.25, 0.3) is 0 Å². The Bertz CT molecular complexity index is 140. The summed E-state index contributed by atoms with van der Waals surface area (Å²) in [6.45, 7) is 2.39. The van der Waals surface area contributed by atoms with E-state index in [1.165, 1.54) is 7.11 Å². The summed E-state index contributed by atoms with van der Waals surface area (Å²) in [5, 5.41) is 0. The van der Waals surface area contributed by atoms with Gasteiger partial charge in [-0.05, 0) is 13.3 Å². The highest BCUT2D eigenvalue weighted by molar-refractivity contribution is 5.72. The molecule has 1 atom stereocenters. The second-order valence-electron chi connectivity index (χ2n) is 2.29. The molecule has 4 nitrogen and oxygen atoms in total. The highest BCUT2D eigenvalue weighted by Crippen LogP contribution is 1.98. The molecule has 0 aromatic heterocycles. The van der Waals surface area contributed by atoms with Gasteiger partial charge in [0.15, 0.2) is 0 Å². The molecule has 0 spiro atoms. The molecule has 0 aliphatic heterocycles. The van der Waals surface area contributed by atoms with E-state index in [1.54, 1.807) is 6.92 Å². The van der Waals surface area contributed by atoms with Gasteiger partial charge in [-0.3, -0.25) is 0 Å². The van der Waals surface area contributed by atoms with E-state index in [2.05, 4.69) is 9.47 Å². The third-order valence-electron chi connectivity index (χ3n) is 1.23. The van der Waals surface area contributed by atoms with Gasteiger partial charge in [-0.25, -0.2) is 9.18 Å². The van der Waals surface area contributed by atoms with Gasteiger partial charge in [-0.15, -0.1) is 0 Å². The molecule has 0 fully saturated rings.